The van der Waals surface area contributed by atoms with Gasteiger partial charge in [-0.05, 0) is 60.7 Å². The highest BCUT2D eigenvalue weighted by Gasteiger charge is 2.20. The molecular weight excluding hydrogens is 554 g/mol. The van der Waals surface area contributed by atoms with Crippen LogP contribution in [0.15, 0.2) is 80.7 Å². The highest BCUT2D eigenvalue weighted by atomic mass is 35.5. The van der Waals surface area contributed by atoms with E-state index >= 15 is 0 Å². The number of rotatable bonds is 7. The third kappa shape index (κ3) is 5.32. The number of urea groups is 1. The molecule has 0 aliphatic carbocycles. The van der Waals surface area contributed by atoms with Crippen LogP contribution in [0.5, 0.6) is 0 Å². The number of hydrogen-bond donors (Lipinski definition) is 5. The molecule has 0 saturated heterocycles. The fourth-order valence-electron chi connectivity index (χ4n) is 3.61. The summed E-state index contributed by atoms with van der Waals surface area (Å²) in [5.41, 5.74) is 1.27. The van der Waals surface area contributed by atoms with Gasteiger partial charge in [0.2, 0.25) is 0 Å². The molecule has 38 heavy (non-hydrogen) atoms. The van der Waals surface area contributed by atoms with Crippen molar-refractivity contribution in [2.24, 2.45) is 0 Å². The summed E-state index contributed by atoms with van der Waals surface area (Å²) in [6, 6.07) is 14.3. The summed E-state index contributed by atoms with van der Waals surface area (Å²) >= 11 is 6.57. The van der Waals surface area contributed by atoms with Crippen molar-refractivity contribution in [2.75, 3.05) is 10.6 Å². The van der Waals surface area contributed by atoms with Crippen molar-refractivity contribution >= 4 is 61.3 Å². The molecule has 0 aliphatic rings. The first kappa shape index (κ1) is 25.3. The highest BCUT2D eigenvalue weighted by molar-refractivity contribution is 7.92. The molecule has 5 rings (SSSR count). The molecule has 5 N–H and O–H groups in total. The second-order valence-corrected chi connectivity index (χ2v) is 11.6. The van der Waals surface area contributed by atoms with E-state index in [1.54, 1.807) is 24.4 Å². The Morgan fingerprint density at radius 3 is 2.47 bits per heavy atom. The quantitative estimate of drug-likeness (QED) is 0.199. The Morgan fingerprint density at radius 1 is 1.03 bits per heavy atom. The van der Waals surface area contributed by atoms with Gasteiger partial charge in [0.15, 0.2) is 0 Å². The molecular formula is C23H18ClN7O5S2. The number of aromatic amines is 2. The normalized spacial score (nSPS) is 11.4. The molecule has 0 saturated carbocycles. The summed E-state index contributed by atoms with van der Waals surface area (Å²) in [4.78, 5) is 40.8. The topological polar surface area (TPSA) is 171 Å². The summed E-state index contributed by atoms with van der Waals surface area (Å²) in [6.07, 6.45) is 1.64. The fraction of sp³-hybridized carbons (Fsp3) is 0.0435. The van der Waals surface area contributed by atoms with E-state index in [0.717, 1.165) is 21.6 Å². The second-order valence-electron chi connectivity index (χ2n) is 7.93. The number of halogens is 1. The number of nitrogens with zero attached hydrogens (tertiary/aromatic N) is 2. The maximum atomic E-state index is 13.1. The minimum atomic E-state index is -4.09. The summed E-state index contributed by atoms with van der Waals surface area (Å²) in [5, 5.41) is 12.6. The van der Waals surface area contributed by atoms with Gasteiger partial charge < -0.3 is 15.6 Å². The smallest absolute Gasteiger partial charge is 0.333 e. The van der Waals surface area contributed by atoms with Crippen LogP contribution < -0.4 is 26.6 Å². The average molecular weight is 572 g/mol. The zero-order valence-electron chi connectivity index (χ0n) is 19.2. The minimum absolute atomic E-state index is 0.108. The molecule has 0 spiro atoms. The lowest BCUT2D eigenvalue weighted by Gasteiger charge is -2.10. The zero-order valence-corrected chi connectivity index (χ0v) is 21.6. The SMILES string of the molecule is O=C(Nc1ccc(-n2c(=O)[nH]c3cc(NCc4ccn[nH]4)ccc3c2=O)cc1)NS(=O)(=O)c1ccc(Cl)s1. The van der Waals surface area contributed by atoms with Gasteiger partial charge >= 0.3 is 11.7 Å². The van der Waals surface area contributed by atoms with Crippen molar-refractivity contribution in [3.63, 3.8) is 0 Å². The molecule has 15 heteroatoms. The van der Waals surface area contributed by atoms with Crippen molar-refractivity contribution in [3.8, 4) is 5.69 Å². The summed E-state index contributed by atoms with van der Waals surface area (Å²) in [5.74, 6) is 0. The van der Waals surface area contributed by atoms with Crippen LogP contribution in [0.2, 0.25) is 4.34 Å². The molecule has 0 fully saturated rings. The first-order valence-electron chi connectivity index (χ1n) is 10.9. The van der Waals surface area contributed by atoms with E-state index in [9.17, 15) is 22.8 Å². The van der Waals surface area contributed by atoms with Crippen molar-refractivity contribution in [1.29, 1.82) is 0 Å². The molecule has 0 radical (unpaired) electrons. The van der Waals surface area contributed by atoms with E-state index in [1.807, 2.05) is 10.8 Å². The molecule has 12 nitrogen and oxygen atoms in total. The summed E-state index contributed by atoms with van der Waals surface area (Å²) in [6.45, 7) is 0.486. The van der Waals surface area contributed by atoms with Crippen LogP contribution in [0.1, 0.15) is 5.69 Å². The van der Waals surface area contributed by atoms with Crippen molar-refractivity contribution in [1.82, 2.24) is 24.5 Å². The Morgan fingerprint density at radius 2 is 1.79 bits per heavy atom. The van der Waals surface area contributed by atoms with E-state index in [4.69, 9.17) is 11.6 Å². The Bertz CT molecular complexity index is 1860. The van der Waals surface area contributed by atoms with Gasteiger partial charge in [-0.25, -0.2) is 27.3 Å². The van der Waals surface area contributed by atoms with Crippen molar-refractivity contribution < 1.29 is 13.2 Å². The number of nitrogens with one attached hydrogen (secondary N) is 5. The van der Waals surface area contributed by atoms with Gasteiger partial charge in [0.05, 0.1) is 33.2 Å². The molecule has 5 aromatic rings. The molecule has 194 valence electrons. The maximum Gasteiger partial charge on any atom is 0.333 e. The first-order chi connectivity index (χ1) is 18.2. The van der Waals surface area contributed by atoms with Crippen molar-refractivity contribution in [2.45, 2.75) is 10.8 Å². The third-order valence-corrected chi connectivity index (χ3v) is 8.42. The Hall–Kier alpha value is -4.40. The van der Waals surface area contributed by atoms with Crippen LogP contribution in [-0.4, -0.2) is 34.2 Å². The van der Waals surface area contributed by atoms with E-state index < -0.39 is 27.3 Å². The maximum absolute atomic E-state index is 13.1. The predicted octanol–water partition coefficient (Wildman–Crippen LogP) is 3.24. The summed E-state index contributed by atoms with van der Waals surface area (Å²) < 4.78 is 27.6. The highest BCUT2D eigenvalue weighted by Crippen LogP contribution is 2.25. The third-order valence-electron chi connectivity index (χ3n) is 5.36. The van der Waals surface area contributed by atoms with E-state index in [-0.39, 0.29) is 19.9 Å². The summed E-state index contributed by atoms with van der Waals surface area (Å²) in [7, 11) is -4.09. The molecule has 2 amide bonds. The Labute approximate surface area is 223 Å². The molecule has 0 unspecified atom stereocenters. The van der Waals surface area contributed by atoms with Gasteiger partial charge in [0, 0.05) is 17.6 Å². The fourth-order valence-corrected chi connectivity index (χ4v) is 6.00. The number of benzene rings is 2. The number of carbonyl (C=O) groups is 1. The number of carbonyl (C=O) groups excluding carboxylic acids is 1. The monoisotopic (exact) mass is 571 g/mol. The Kier molecular flexibility index (Phi) is 6.75. The number of H-pyrrole nitrogens is 2. The first-order valence-corrected chi connectivity index (χ1v) is 13.6. The average Bonchev–Trinajstić information content (AvgIpc) is 3.55. The molecule has 3 aromatic heterocycles. The number of fused-ring (bicyclic) bond motifs is 1. The van der Waals surface area contributed by atoms with E-state index in [1.165, 1.54) is 36.4 Å². The van der Waals surface area contributed by atoms with Crippen molar-refractivity contribution in [3.05, 3.63) is 97.7 Å². The number of amides is 2. The lowest BCUT2D eigenvalue weighted by molar-refractivity contribution is 0.256. The Balaban J connectivity index is 1.33. The van der Waals surface area contributed by atoms with Crippen LogP contribution in [0.25, 0.3) is 16.6 Å². The van der Waals surface area contributed by atoms with E-state index in [2.05, 4.69) is 25.8 Å². The van der Waals surface area contributed by atoms with Gasteiger partial charge in [0.25, 0.3) is 15.6 Å². The largest absolute Gasteiger partial charge is 0.379 e. The lowest BCUT2D eigenvalue weighted by atomic mass is 10.2. The second kappa shape index (κ2) is 10.2. The van der Waals surface area contributed by atoms with Gasteiger partial charge in [-0.2, -0.15) is 5.10 Å². The molecule has 3 heterocycles. The van der Waals surface area contributed by atoms with Gasteiger partial charge in [0.1, 0.15) is 4.21 Å². The van der Waals surface area contributed by atoms with Crippen LogP contribution in [0.4, 0.5) is 16.2 Å². The minimum Gasteiger partial charge on any atom is -0.379 e. The molecule has 0 aliphatic heterocycles. The number of sulfonamides is 1. The van der Waals surface area contributed by atoms with Crippen LogP contribution in [0, 0.1) is 0 Å². The molecule has 0 bridgehead atoms. The van der Waals surface area contributed by atoms with Crippen LogP contribution in [0.3, 0.4) is 0 Å². The number of thiophene rings is 1. The van der Waals surface area contributed by atoms with Gasteiger partial charge in [-0.3, -0.25) is 9.89 Å². The standard InChI is InChI=1S/C23H18ClN7O5S2/c24-19-7-8-20(37-19)38(35,36)30-22(33)27-13-1-4-16(5-2-13)31-21(32)17-6-3-14(11-18(17)28-23(31)34)25-12-15-9-10-26-29-15/h1-11,25H,12H2,(H,26,29)(H,28,34)(H2,27,30,33). The van der Waals surface area contributed by atoms with E-state index in [0.29, 0.717) is 23.1 Å². The van der Waals surface area contributed by atoms with Crippen LogP contribution in [-0.2, 0) is 16.6 Å². The zero-order chi connectivity index (χ0) is 26.9. The number of anilines is 2. The predicted molar refractivity (Wildman–Crippen MR) is 145 cm³/mol. The molecule has 0 atom stereocenters. The van der Waals surface area contributed by atoms with Gasteiger partial charge in [-0.15, -0.1) is 11.3 Å². The molecule has 2 aromatic carbocycles. The number of hydrogen-bond acceptors (Lipinski definition) is 8. The lowest BCUT2D eigenvalue weighted by Crippen LogP contribution is -2.34. The van der Waals surface area contributed by atoms with Crippen LogP contribution >= 0.6 is 22.9 Å². The number of aromatic nitrogens is 4. The van der Waals surface area contributed by atoms with Gasteiger partial charge in [-0.1, -0.05) is 11.6 Å².